The highest BCUT2D eigenvalue weighted by molar-refractivity contribution is 6.31. The van der Waals surface area contributed by atoms with Crippen LogP contribution >= 0.6 is 11.6 Å². The van der Waals surface area contributed by atoms with Crippen LogP contribution in [-0.4, -0.2) is 43.5 Å². The fourth-order valence-electron chi connectivity index (χ4n) is 2.80. The van der Waals surface area contributed by atoms with Crippen LogP contribution in [-0.2, 0) is 4.79 Å². The van der Waals surface area contributed by atoms with Gasteiger partial charge in [0, 0.05) is 23.3 Å². The summed E-state index contributed by atoms with van der Waals surface area (Å²) in [6, 6.07) is 5.93. The zero-order chi connectivity index (χ0) is 15.4. The smallest absolute Gasteiger partial charge is 0.238 e. The van der Waals surface area contributed by atoms with Crippen molar-refractivity contribution >= 4 is 23.2 Å². The maximum absolute atomic E-state index is 12.1. The molecule has 1 aromatic rings. The van der Waals surface area contributed by atoms with E-state index in [1.807, 2.05) is 19.1 Å². The lowest BCUT2D eigenvalue weighted by molar-refractivity contribution is -0.115. The summed E-state index contributed by atoms with van der Waals surface area (Å²) in [4.78, 5) is 14.4. The van der Waals surface area contributed by atoms with Gasteiger partial charge in [0.15, 0.2) is 0 Å². The Morgan fingerprint density at radius 1 is 1.48 bits per heavy atom. The molecule has 1 heterocycles. The molecule has 0 bridgehead atoms. The Morgan fingerprint density at radius 3 is 2.95 bits per heavy atom. The molecule has 2 rings (SSSR count). The van der Waals surface area contributed by atoms with Crippen LogP contribution in [0.25, 0.3) is 0 Å². The molecular formula is C16H24ClN3O. The van der Waals surface area contributed by atoms with Crippen molar-refractivity contribution < 1.29 is 4.79 Å². The first-order valence-corrected chi connectivity index (χ1v) is 7.81. The van der Waals surface area contributed by atoms with E-state index in [0.717, 1.165) is 30.8 Å². The summed E-state index contributed by atoms with van der Waals surface area (Å²) in [6.45, 7) is 6.68. The minimum atomic E-state index is -0.0218. The molecule has 21 heavy (non-hydrogen) atoms. The first-order chi connectivity index (χ1) is 9.95. The fraction of sp³-hybridized carbons (Fsp3) is 0.562. The van der Waals surface area contributed by atoms with E-state index in [9.17, 15) is 4.79 Å². The van der Waals surface area contributed by atoms with Crippen LogP contribution in [0.5, 0.6) is 0 Å². The second-order valence-corrected chi connectivity index (χ2v) is 6.46. The Labute approximate surface area is 131 Å². The summed E-state index contributed by atoms with van der Waals surface area (Å²) < 4.78 is 0. The minimum absolute atomic E-state index is 0.0218. The molecule has 0 aromatic heterocycles. The van der Waals surface area contributed by atoms with Crippen molar-refractivity contribution in [2.45, 2.75) is 26.3 Å². The van der Waals surface area contributed by atoms with Gasteiger partial charge in [-0.1, -0.05) is 24.6 Å². The number of aryl methyl sites for hydroxylation is 1. The minimum Gasteiger partial charge on any atom is -0.325 e. The molecule has 1 fully saturated rings. The topological polar surface area (TPSA) is 44.4 Å². The molecule has 116 valence electrons. The van der Waals surface area contributed by atoms with Crippen LogP contribution in [0.3, 0.4) is 0 Å². The third kappa shape index (κ3) is 4.70. The lowest BCUT2D eigenvalue weighted by atomic mass is 9.94. The quantitative estimate of drug-likeness (QED) is 0.898. The molecule has 2 unspecified atom stereocenters. The molecule has 1 aliphatic heterocycles. The maximum Gasteiger partial charge on any atom is 0.238 e. The van der Waals surface area contributed by atoms with Gasteiger partial charge in [-0.15, -0.1) is 0 Å². The van der Waals surface area contributed by atoms with Gasteiger partial charge in [0.25, 0.3) is 0 Å². The molecule has 5 heteroatoms. The lowest BCUT2D eigenvalue weighted by Gasteiger charge is -2.35. The van der Waals surface area contributed by atoms with Crippen molar-refractivity contribution in [3.05, 3.63) is 28.8 Å². The number of nitrogens with one attached hydrogen (secondary N) is 2. The van der Waals surface area contributed by atoms with Crippen LogP contribution in [0.4, 0.5) is 5.69 Å². The number of hydrogen-bond donors (Lipinski definition) is 2. The molecule has 2 N–H and O–H groups in total. The number of carbonyl (C=O) groups excluding carboxylic acids is 1. The van der Waals surface area contributed by atoms with E-state index < -0.39 is 0 Å². The van der Waals surface area contributed by atoms with Crippen LogP contribution in [0.15, 0.2) is 18.2 Å². The zero-order valence-electron chi connectivity index (χ0n) is 12.9. The van der Waals surface area contributed by atoms with Gasteiger partial charge in [0.05, 0.1) is 6.54 Å². The van der Waals surface area contributed by atoms with Gasteiger partial charge >= 0.3 is 0 Å². The molecule has 0 spiro atoms. The number of rotatable bonds is 4. The Hall–Kier alpha value is -1.10. The second kappa shape index (κ2) is 7.25. The molecule has 2 atom stereocenters. The Balaban J connectivity index is 1.83. The molecule has 1 aromatic carbocycles. The van der Waals surface area contributed by atoms with Gasteiger partial charge < -0.3 is 15.5 Å². The number of piperidine rings is 1. The molecule has 0 radical (unpaired) electrons. The van der Waals surface area contributed by atoms with Crippen molar-refractivity contribution in [2.75, 3.05) is 32.0 Å². The van der Waals surface area contributed by atoms with E-state index >= 15 is 0 Å². The van der Waals surface area contributed by atoms with E-state index in [1.165, 1.54) is 0 Å². The van der Waals surface area contributed by atoms with Crippen molar-refractivity contribution in [1.82, 2.24) is 10.2 Å². The number of likely N-dealkylation sites (tertiary alicyclic amines) is 1. The molecule has 1 aliphatic rings. The third-order valence-electron chi connectivity index (χ3n) is 4.11. The predicted octanol–water partition coefficient (Wildman–Crippen LogP) is 2.52. The molecule has 4 nitrogen and oxygen atoms in total. The van der Waals surface area contributed by atoms with Crippen molar-refractivity contribution in [1.29, 1.82) is 0 Å². The highest BCUT2D eigenvalue weighted by Crippen LogP contribution is 2.20. The first-order valence-electron chi connectivity index (χ1n) is 7.43. The average molecular weight is 310 g/mol. The van der Waals surface area contributed by atoms with Gasteiger partial charge in [-0.2, -0.15) is 0 Å². The number of benzene rings is 1. The molecule has 1 saturated heterocycles. The van der Waals surface area contributed by atoms with E-state index in [4.69, 9.17) is 11.6 Å². The fourth-order valence-corrected chi connectivity index (χ4v) is 2.98. The number of anilines is 1. The highest BCUT2D eigenvalue weighted by Gasteiger charge is 2.24. The van der Waals surface area contributed by atoms with E-state index in [2.05, 4.69) is 29.5 Å². The Morgan fingerprint density at radius 2 is 2.24 bits per heavy atom. The summed E-state index contributed by atoms with van der Waals surface area (Å²) in [5.41, 5.74) is 1.80. The number of halogens is 1. The number of carbonyl (C=O) groups is 1. The monoisotopic (exact) mass is 309 g/mol. The van der Waals surface area contributed by atoms with Crippen LogP contribution in [0.1, 0.15) is 18.9 Å². The largest absolute Gasteiger partial charge is 0.325 e. The van der Waals surface area contributed by atoms with Crippen molar-refractivity contribution in [3.8, 4) is 0 Å². The lowest BCUT2D eigenvalue weighted by Crippen LogP contribution is -2.48. The average Bonchev–Trinajstić information content (AvgIpc) is 2.42. The first kappa shape index (κ1) is 16.3. The summed E-state index contributed by atoms with van der Waals surface area (Å²) >= 11 is 5.96. The molecule has 1 amide bonds. The molecule has 0 aliphatic carbocycles. The summed E-state index contributed by atoms with van der Waals surface area (Å²) in [5, 5.41) is 6.92. The van der Waals surface area contributed by atoms with Crippen LogP contribution in [0.2, 0.25) is 5.02 Å². The number of nitrogens with zero attached hydrogens (tertiary/aromatic N) is 1. The van der Waals surface area contributed by atoms with Crippen LogP contribution in [0, 0.1) is 12.8 Å². The van der Waals surface area contributed by atoms with Gasteiger partial charge in [-0.05, 0) is 50.6 Å². The summed E-state index contributed by atoms with van der Waals surface area (Å²) in [6.07, 6.45) is 1.08. The molecule has 0 saturated carbocycles. The van der Waals surface area contributed by atoms with Crippen LogP contribution < -0.4 is 10.6 Å². The van der Waals surface area contributed by atoms with E-state index in [1.54, 1.807) is 6.07 Å². The normalized spacial score (nSPS) is 23.0. The predicted molar refractivity (Wildman–Crippen MR) is 87.9 cm³/mol. The Kier molecular flexibility index (Phi) is 5.62. The maximum atomic E-state index is 12.1. The summed E-state index contributed by atoms with van der Waals surface area (Å²) in [5.74, 6) is 0.538. The Bertz CT molecular complexity index is 506. The highest BCUT2D eigenvalue weighted by atomic mass is 35.5. The van der Waals surface area contributed by atoms with Gasteiger partial charge in [0.1, 0.15) is 0 Å². The summed E-state index contributed by atoms with van der Waals surface area (Å²) in [7, 11) is 2.14. The van der Waals surface area contributed by atoms with Gasteiger partial charge in [0.2, 0.25) is 5.91 Å². The van der Waals surface area contributed by atoms with Crippen molar-refractivity contribution in [2.24, 2.45) is 5.92 Å². The van der Waals surface area contributed by atoms with E-state index in [0.29, 0.717) is 23.5 Å². The molecular weight excluding hydrogens is 286 g/mol. The van der Waals surface area contributed by atoms with Gasteiger partial charge in [-0.3, -0.25) is 4.79 Å². The number of amides is 1. The van der Waals surface area contributed by atoms with Gasteiger partial charge in [-0.25, -0.2) is 0 Å². The zero-order valence-corrected chi connectivity index (χ0v) is 13.7. The van der Waals surface area contributed by atoms with E-state index in [-0.39, 0.29) is 5.91 Å². The standard InChI is InChI=1S/C16H24ClN3O/c1-11-4-5-13(17)8-15(11)19-16(21)9-18-14-6-7-20(3)10-12(14)2/h4-5,8,12,14,18H,6-7,9-10H2,1-3H3,(H,19,21). The van der Waals surface area contributed by atoms with Crippen molar-refractivity contribution in [3.63, 3.8) is 0 Å². The SMILES string of the molecule is Cc1ccc(Cl)cc1NC(=O)CNC1CCN(C)CC1C. The second-order valence-electron chi connectivity index (χ2n) is 6.02. The third-order valence-corrected chi connectivity index (χ3v) is 4.34. The number of hydrogen-bond acceptors (Lipinski definition) is 3.